The van der Waals surface area contributed by atoms with Crippen LogP contribution in [0.1, 0.15) is 64.2 Å². The zero-order chi connectivity index (χ0) is 13.1. The summed E-state index contributed by atoms with van der Waals surface area (Å²) in [5.74, 6) is 1.70. The van der Waals surface area contributed by atoms with Gasteiger partial charge in [0.05, 0.1) is 5.60 Å². The third kappa shape index (κ3) is 1.84. The van der Waals surface area contributed by atoms with Crippen molar-refractivity contribution in [1.82, 2.24) is 4.90 Å². The Morgan fingerprint density at radius 3 is 2.47 bits per heavy atom. The second-order valence-electron chi connectivity index (χ2n) is 7.77. The Morgan fingerprint density at radius 1 is 1.05 bits per heavy atom. The van der Waals surface area contributed by atoms with Gasteiger partial charge in [-0.2, -0.15) is 0 Å². The Balaban J connectivity index is 1.67. The third-order valence-electron chi connectivity index (χ3n) is 6.15. The third-order valence-corrected chi connectivity index (χ3v) is 6.15. The first-order chi connectivity index (χ1) is 9.09. The SMILES string of the molecule is O=C1CCCCCN1C12C[C@H]3C[C@@H](CC(O)(C3)C1)C2. The maximum absolute atomic E-state index is 12.5. The summed E-state index contributed by atoms with van der Waals surface area (Å²) in [6, 6.07) is 0. The molecule has 5 rings (SSSR count). The first-order valence-corrected chi connectivity index (χ1v) is 8.12. The minimum Gasteiger partial charge on any atom is -0.390 e. The van der Waals surface area contributed by atoms with Crippen LogP contribution in [0.2, 0.25) is 0 Å². The summed E-state index contributed by atoms with van der Waals surface area (Å²) in [6.07, 6.45) is 10.6. The molecule has 4 bridgehead atoms. The lowest BCUT2D eigenvalue weighted by Gasteiger charge is -2.63. The van der Waals surface area contributed by atoms with E-state index in [1.165, 1.54) is 12.8 Å². The molecule has 19 heavy (non-hydrogen) atoms. The molecule has 3 nitrogen and oxygen atoms in total. The van der Waals surface area contributed by atoms with Gasteiger partial charge in [0.15, 0.2) is 0 Å². The van der Waals surface area contributed by atoms with E-state index in [2.05, 4.69) is 4.90 Å². The Morgan fingerprint density at radius 2 is 1.79 bits per heavy atom. The fourth-order valence-corrected chi connectivity index (χ4v) is 5.97. The first kappa shape index (κ1) is 12.2. The molecule has 5 aliphatic rings. The number of nitrogens with zero attached hydrogens (tertiary/aromatic N) is 1. The summed E-state index contributed by atoms with van der Waals surface area (Å²) in [5, 5.41) is 10.8. The van der Waals surface area contributed by atoms with E-state index in [9.17, 15) is 9.90 Å². The van der Waals surface area contributed by atoms with E-state index < -0.39 is 5.60 Å². The Labute approximate surface area is 115 Å². The molecule has 1 N–H and O–H groups in total. The highest BCUT2D eigenvalue weighted by atomic mass is 16.3. The van der Waals surface area contributed by atoms with Crippen molar-refractivity contribution in [2.45, 2.75) is 75.3 Å². The number of carbonyl (C=O) groups excluding carboxylic acids is 1. The van der Waals surface area contributed by atoms with E-state index >= 15 is 0 Å². The summed E-state index contributed by atoms with van der Waals surface area (Å²) in [5.41, 5.74) is -0.420. The predicted octanol–water partition coefficient (Wildman–Crippen LogP) is 2.47. The largest absolute Gasteiger partial charge is 0.390 e. The van der Waals surface area contributed by atoms with Gasteiger partial charge >= 0.3 is 0 Å². The van der Waals surface area contributed by atoms with Gasteiger partial charge < -0.3 is 10.0 Å². The zero-order valence-corrected chi connectivity index (χ0v) is 11.7. The smallest absolute Gasteiger partial charge is 0.223 e. The van der Waals surface area contributed by atoms with Crippen molar-refractivity contribution >= 4 is 5.91 Å². The molecule has 1 aliphatic heterocycles. The van der Waals surface area contributed by atoms with Crippen LogP contribution in [-0.2, 0) is 4.79 Å². The number of hydrogen-bond donors (Lipinski definition) is 1. The summed E-state index contributed by atoms with van der Waals surface area (Å²) < 4.78 is 0. The molecule has 1 saturated heterocycles. The van der Waals surface area contributed by atoms with E-state index in [-0.39, 0.29) is 5.54 Å². The van der Waals surface area contributed by atoms with Crippen LogP contribution in [0.3, 0.4) is 0 Å². The van der Waals surface area contributed by atoms with Gasteiger partial charge in [0, 0.05) is 18.5 Å². The molecule has 0 radical (unpaired) electrons. The molecule has 4 aliphatic carbocycles. The molecule has 0 spiro atoms. The van der Waals surface area contributed by atoms with Crippen molar-refractivity contribution in [3.63, 3.8) is 0 Å². The average Bonchev–Trinajstić information content (AvgIpc) is 2.50. The van der Waals surface area contributed by atoms with Crippen LogP contribution < -0.4 is 0 Å². The fourth-order valence-electron chi connectivity index (χ4n) is 5.97. The average molecular weight is 263 g/mol. The second kappa shape index (κ2) is 3.97. The Kier molecular flexibility index (Phi) is 2.55. The summed E-state index contributed by atoms with van der Waals surface area (Å²) in [7, 11) is 0. The molecule has 106 valence electrons. The van der Waals surface area contributed by atoms with Crippen LogP contribution in [0.25, 0.3) is 0 Å². The zero-order valence-electron chi connectivity index (χ0n) is 11.7. The highest BCUT2D eigenvalue weighted by Crippen LogP contribution is 2.59. The van der Waals surface area contributed by atoms with Crippen molar-refractivity contribution in [1.29, 1.82) is 0 Å². The minimum atomic E-state index is -0.448. The van der Waals surface area contributed by atoms with Gasteiger partial charge in [-0.1, -0.05) is 6.42 Å². The molecule has 0 aromatic carbocycles. The standard InChI is InChI=1S/C16H25NO2/c18-14-4-2-1-3-5-17(14)15-7-12-6-13(8-15)10-16(19,9-12)11-15/h12-13,19H,1-11H2/t12-,13-,15?,16?/m1/s1. The molecular formula is C16H25NO2. The van der Waals surface area contributed by atoms with Gasteiger partial charge in [-0.3, -0.25) is 4.79 Å². The lowest BCUT2D eigenvalue weighted by Crippen LogP contribution is -2.66. The van der Waals surface area contributed by atoms with Crippen LogP contribution in [0.5, 0.6) is 0 Å². The van der Waals surface area contributed by atoms with Crippen LogP contribution in [-0.4, -0.2) is 33.6 Å². The van der Waals surface area contributed by atoms with E-state index in [0.29, 0.717) is 17.7 Å². The fraction of sp³-hybridized carbons (Fsp3) is 0.938. The second-order valence-corrected chi connectivity index (χ2v) is 7.77. The molecule has 4 saturated carbocycles. The molecule has 2 atom stereocenters. The number of aliphatic hydroxyl groups is 1. The topological polar surface area (TPSA) is 40.5 Å². The van der Waals surface area contributed by atoms with Crippen molar-refractivity contribution in [2.75, 3.05) is 6.54 Å². The molecule has 3 heteroatoms. The maximum atomic E-state index is 12.5. The quantitative estimate of drug-likeness (QED) is 0.789. The van der Waals surface area contributed by atoms with Crippen molar-refractivity contribution in [3.8, 4) is 0 Å². The number of rotatable bonds is 1. The van der Waals surface area contributed by atoms with Gasteiger partial charge in [0.25, 0.3) is 0 Å². The Bertz CT molecular complexity index is 392. The summed E-state index contributed by atoms with van der Waals surface area (Å²) in [6.45, 7) is 0.939. The lowest BCUT2D eigenvalue weighted by molar-refractivity contribution is -0.182. The highest BCUT2D eigenvalue weighted by molar-refractivity contribution is 5.77. The summed E-state index contributed by atoms with van der Waals surface area (Å²) in [4.78, 5) is 14.7. The number of likely N-dealkylation sites (tertiary alicyclic amines) is 1. The van der Waals surface area contributed by atoms with E-state index in [1.807, 2.05) is 0 Å². The van der Waals surface area contributed by atoms with Crippen molar-refractivity contribution in [2.24, 2.45) is 11.8 Å². The maximum Gasteiger partial charge on any atom is 0.223 e. The molecule has 0 unspecified atom stereocenters. The van der Waals surface area contributed by atoms with E-state index in [1.54, 1.807) is 0 Å². The van der Waals surface area contributed by atoms with Gasteiger partial charge in [-0.15, -0.1) is 0 Å². The molecule has 5 fully saturated rings. The lowest BCUT2D eigenvalue weighted by atomic mass is 9.50. The van der Waals surface area contributed by atoms with Gasteiger partial charge in [-0.25, -0.2) is 0 Å². The van der Waals surface area contributed by atoms with Crippen molar-refractivity contribution in [3.05, 3.63) is 0 Å². The van der Waals surface area contributed by atoms with Crippen LogP contribution in [0.15, 0.2) is 0 Å². The van der Waals surface area contributed by atoms with Crippen LogP contribution in [0.4, 0.5) is 0 Å². The Hall–Kier alpha value is -0.570. The van der Waals surface area contributed by atoms with Gasteiger partial charge in [0.2, 0.25) is 5.91 Å². The molecule has 1 amide bonds. The molecule has 0 aromatic heterocycles. The minimum absolute atomic E-state index is 0.0280. The number of carbonyl (C=O) groups is 1. The number of hydrogen-bond acceptors (Lipinski definition) is 2. The van der Waals surface area contributed by atoms with Gasteiger partial charge in [0.1, 0.15) is 0 Å². The first-order valence-electron chi connectivity index (χ1n) is 8.12. The van der Waals surface area contributed by atoms with Crippen molar-refractivity contribution < 1.29 is 9.90 Å². The van der Waals surface area contributed by atoms with Crippen LogP contribution >= 0.6 is 0 Å². The normalized spacial score (nSPS) is 49.5. The molecular weight excluding hydrogens is 238 g/mol. The predicted molar refractivity (Wildman–Crippen MR) is 72.5 cm³/mol. The van der Waals surface area contributed by atoms with E-state index in [0.717, 1.165) is 57.9 Å². The number of amides is 1. The highest BCUT2D eigenvalue weighted by Gasteiger charge is 2.59. The summed E-state index contributed by atoms with van der Waals surface area (Å²) >= 11 is 0. The van der Waals surface area contributed by atoms with Gasteiger partial charge in [-0.05, 0) is 63.2 Å². The molecule has 1 heterocycles. The van der Waals surface area contributed by atoms with Crippen LogP contribution in [0, 0.1) is 11.8 Å². The monoisotopic (exact) mass is 263 g/mol. The van der Waals surface area contributed by atoms with E-state index in [4.69, 9.17) is 0 Å². The molecule has 0 aromatic rings.